The Hall–Kier alpha value is -0.160. The van der Waals surface area contributed by atoms with E-state index in [0.29, 0.717) is 13.2 Å². The van der Waals surface area contributed by atoms with Gasteiger partial charge in [-0.2, -0.15) is 0 Å². The van der Waals surface area contributed by atoms with Crippen molar-refractivity contribution < 1.29 is 4.84 Å². The maximum Gasteiger partial charge on any atom is 0.0673 e. The number of hydrogen-bond acceptors (Lipinski definition) is 4. The predicted octanol–water partition coefficient (Wildman–Crippen LogP) is 1.27. The zero-order valence-electron chi connectivity index (χ0n) is 10.1. The molecule has 0 fully saturated rings. The molecule has 0 aromatic heterocycles. The number of nitrogens with zero attached hydrogens (tertiary/aromatic N) is 1. The van der Waals surface area contributed by atoms with Gasteiger partial charge in [-0.25, -0.2) is 5.84 Å². The first-order valence-electron chi connectivity index (χ1n) is 5.17. The minimum atomic E-state index is -0.238. The van der Waals surface area contributed by atoms with Gasteiger partial charge in [-0.15, -0.1) is 5.17 Å². The molecule has 0 rings (SSSR count). The lowest BCUT2D eigenvalue weighted by Crippen LogP contribution is -2.59. The van der Waals surface area contributed by atoms with Crippen molar-refractivity contribution in [3.63, 3.8) is 0 Å². The van der Waals surface area contributed by atoms with E-state index >= 15 is 0 Å². The summed E-state index contributed by atoms with van der Waals surface area (Å²) in [6.07, 6.45) is 0.812. The second kappa shape index (κ2) is 5.07. The van der Waals surface area contributed by atoms with Crippen LogP contribution in [0.2, 0.25) is 0 Å². The molecule has 86 valence electrons. The Kier molecular flexibility index (Phi) is 5.01. The Balaban J connectivity index is 4.70. The molecule has 0 bridgehead atoms. The fourth-order valence-corrected chi connectivity index (χ4v) is 1.38. The SMILES string of the molecule is CCON(N)C(C)(CCN)C(C)(C)C. The lowest BCUT2D eigenvalue weighted by molar-refractivity contribution is -0.247. The summed E-state index contributed by atoms with van der Waals surface area (Å²) < 4.78 is 0. The van der Waals surface area contributed by atoms with Crippen molar-refractivity contribution in [2.75, 3.05) is 13.2 Å². The maximum absolute atomic E-state index is 5.89. The average Bonchev–Trinajstić information content (AvgIpc) is 2.03. The van der Waals surface area contributed by atoms with Crippen molar-refractivity contribution in [2.24, 2.45) is 17.0 Å². The van der Waals surface area contributed by atoms with Crippen molar-refractivity contribution >= 4 is 0 Å². The van der Waals surface area contributed by atoms with Crippen LogP contribution in [0.4, 0.5) is 0 Å². The van der Waals surface area contributed by atoms with Gasteiger partial charge in [0, 0.05) is 0 Å². The topological polar surface area (TPSA) is 64.5 Å². The van der Waals surface area contributed by atoms with Crippen molar-refractivity contribution in [1.29, 1.82) is 0 Å². The van der Waals surface area contributed by atoms with E-state index in [2.05, 4.69) is 27.7 Å². The number of hydrazine groups is 1. The Bertz CT molecular complexity index is 167. The van der Waals surface area contributed by atoms with E-state index in [4.69, 9.17) is 16.4 Å². The second-order valence-corrected chi connectivity index (χ2v) is 4.81. The number of hydroxylamine groups is 1. The monoisotopic (exact) mass is 203 g/mol. The van der Waals surface area contributed by atoms with E-state index in [1.807, 2.05) is 6.92 Å². The first-order valence-corrected chi connectivity index (χ1v) is 5.17. The largest absolute Gasteiger partial charge is 0.330 e. The van der Waals surface area contributed by atoms with Crippen LogP contribution in [0, 0.1) is 5.41 Å². The third kappa shape index (κ3) is 2.92. The molecule has 0 spiro atoms. The van der Waals surface area contributed by atoms with E-state index in [9.17, 15) is 0 Å². The van der Waals surface area contributed by atoms with E-state index < -0.39 is 0 Å². The van der Waals surface area contributed by atoms with Gasteiger partial charge in [-0.3, -0.25) is 4.84 Å². The molecule has 4 N–H and O–H groups in total. The van der Waals surface area contributed by atoms with Crippen molar-refractivity contribution in [1.82, 2.24) is 5.17 Å². The van der Waals surface area contributed by atoms with Crippen molar-refractivity contribution in [2.45, 2.75) is 46.6 Å². The smallest absolute Gasteiger partial charge is 0.0673 e. The average molecular weight is 203 g/mol. The third-order valence-electron chi connectivity index (χ3n) is 3.00. The Morgan fingerprint density at radius 2 is 1.71 bits per heavy atom. The van der Waals surface area contributed by atoms with Crippen LogP contribution < -0.4 is 11.6 Å². The third-order valence-corrected chi connectivity index (χ3v) is 3.00. The fraction of sp³-hybridized carbons (Fsp3) is 1.00. The summed E-state index contributed by atoms with van der Waals surface area (Å²) in [4.78, 5) is 5.34. The molecule has 0 aliphatic rings. The number of hydrogen-bond donors (Lipinski definition) is 2. The van der Waals surface area contributed by atoms with E-state index in [0.717, 1.165) is 6.42 Å². The lowest BCUT2D eigenvalue weighted by atomic mass is 9.73. The lowest BCUT2D eigenvalue weighted by Gasteiger charge is -2.46. The highest BCUT2D eigenvalue weighted by Crippen LogP contribution is 2.36. The molecule has 0 amide bonds. The molecule has 4 heteroatoms. The fourth-order valence-electron chi connectivity index (χ4n) is 1.38. The normalized spacial score (nSPS) is 17.1. The molecule has 0 heterocycles. The summed E-state index contributed by atoms with van der Waals surface area (Å²) in [5.74, 6) is 5.89. The zero-order valence-corrected chi connectivity index (χ0v) is 10.1. The molecular formula is C10H25N3O. The van der Waals surface area contributed by atoms with Gasteiger partial charge in [-0.1, -0.05) is 20.8 Å². The van der Waals surface area contributed by atoms with Gasteiger partial charge >= 0.3 is 0 Å². The predicted molar refractivity (Wildman–Crippen MR) is 59.2 cm³/mol. The minimum absolute atomic E-state index is 0.0241. The molecule has 0 saturated carbocycles. The molecule has 0 aromatic rings. The van der Waals surface area contributed by atoms with Crippen molar-refractivity contribution in [3.05, 3.63) is 0 Å². The zero-order chi connectivity index (χ0) is 11.4. The number of rotatable bonds is 5. The van der Waals surface area contributed by atoms with E-state index in [-0.39, 0.29) is 11.0 Å². The summed E-state index contributed by atoms with van der Waals surface area (Å²) in [6, 6.07) is 0. The van der Waals surface area contributed by atoms with Gasteiger partial charge in [0.25, 0.3) is 0 Å². The van der Waals surface area contributed by atoms with Crippen LogP contribution in [0.5, 0.6) is 0 Å². The van der Waals surface area contributed by atoms with Gasteiger partial charge in [0.15, 0.2) is 0 Å². The Morgan fingerprint density at radius 1 is 1.21 bits per heavy atom. The molecule has 14 heavy (non-hydrogen) atoms. The summed E-state index contributed by atoms with van der Waals surface area (Å²) >= 11 is 0. The molecule has 0 aliphatic heterocycles. The van der Waals surface area contributed by atoms with Gasteiger partial charge in [0.2, 0.25) is 0 Å². The highest BCUT2D eigenvalue weighted by atomic mass is 16.7. The molecule has 0 aliphatic carbocycles. The molecule has 0 aromatic carbocycles. The van der Waals surface area contributed by atoms with Crippen LogP contribution in [0.15, 0.2) is 0 Å². The van der Waals surface area contributed by atoms with Crippen LogP contribution in [-0.4, -0.2) is 23.9 Å². The molecule has 0 saturated heterocycles. The Morgan fingerprint density at radius 3 is 2.00 bits per heavy atom. The van der Waals surface area contributed by atoms with E-state index in [1.165, 1.54) is 5.17 Å². The molecule has 1 atom stereocenters. The highest BCUT2D eigenvalue weighted by molar-refractivity contribution is 4.92. The maximum atomic E-state index is 5.89. The molecule has 0 radical (unpaired) electrons. The summed E-state index contributed by atoms with van der Waals surface area (Å²) in [7, 11) is 0. The van der Waals surface area contributed by atoms with Gasteiger partial charge < -0.3 is 5.73 Å². The van der Waals surface area contributed by atoms with Crippen LogP contribution in [-0.2, 0) is 4.84 Å². The summed E-state index contributed by atoms with van der Waals surface area (Å²) in [6.45, 7) is 11.6. The molecular weight excluding hydrogens is 178 g/mol. The summed E-state index contributed by atoms with van der Waals surface area (Å²) in [5, 5.41) is 1.46. The van der Waals surface area contributed by atoms with Crippen LogP contribution in [0.25, 0.3) is 0 Å². The van der Waals surface area contributed by atoms with Crippen LogP contribution in [0.3, 0.4) is 0 Å². The second-order valence-electron chi connectivity index (χ2n) is 4.81. The highest BCUT2D eigenvalue weighted by Gasteiger charge is 2.41. The van der Waals surface area contributed by atoms with Gasteiger partial charge in [0.1, 0.15) is 0 Å². The quantitative estimate of drug-likeness (QED) is 0.521. The number of nitrogens with two attached hydrogens (primary N) is 2. The van der Waals surface area contributed by atoms with Gasteiger partial charge in [-0.05, 0) is 32.2 Å². The molecule has 4 nitrogen and oxygen atoms in total. The molecule has 1 unspecified atom stereocenters. The van der Waals surface area contributed by atoms with E-state index in [1.54, 1.807) is 0 Å². The minimum Gasteiger partial charge on any atom is -0.330 e. The first-order chi connectivity index (χ1) is 6.29. The summed E-state index contributed by atoms with van der Waals surface area (Å²) in [5.41, 5.74) is 5.39. The van der Waals surface area contributed by atoms with Crippen LogP contribution >= 0.6 is 0 Å². The Labute approximate surface area is 87.5 Å². The van der Waals surface area contributed by atoms with Crippen LogP contribution in [0.1, 0.15) is 41.0 Å². The standard InChI is InChI=1S/C10H25N3O/c1-6-14-13(12)10(5,7-8-11)9(2,3)4/h6-8,11-12H2,1-5H3. The van der Waals surface area contributed by atoms with Crippen molar-refractivity contribution in [3.8, 4) is 0 Å². The van der Waals surface area contributed by atoms with Gasteiger partial charge in [0.05, 0.1) is 12.1 Å². The first kappa shape index (κ1) is 13.8.